The van der Waals surface area contributed by atoms with Gasteiger partial charge in [0.05, 0.1) is 0 Å². The molecule has 1 aliphatic rings. The Bertz CT molecular complexity index is 211. The van der Waals surface area contributed by atoms with Crippen LogP contribution in [-0.2, 0) is 9.59 Å². The molecule has 1 rings (SSSR count). The molecule has 0 aromatic heterocycles. The maximum Gasteiger partial charge on any atom is 0.260 e. The zero-order valence-corrected chi connectivity index (χ0v) is 7.84. The quantitative estimate of drug-likeness (QED) is 0.694. The molecule has 0 heterocycles. The van der Waals surface area contributed by atoms with Gasteiger partial charge < -0.3 is 0 Å². The zero-order chi connectivity index (χ0) is 10.6. The van der Waals surface area contributed by atoms with Crippen LogP contribution in [0.15, 0.2) is 0 Å². The van der Waals surface area contributed by atoms with Crippen molar-refractivity contribution in [3.05, 3.63) is 0 Å². The minimum atomic E-state index is -1.23. The van der Waals surface area contributed by atoms with Gasteiger partial charge in [0.15, 0.2) is 13.3 Å². The lowest BCUT2D eigenvalue weighted by molar-refractivity contribution is -0.148. The number of hydrogen-bond donors (Lipinski definition) is 0. The Labute approximate surface area is 81.1 Å². The summed E-state index contributed by atoms with van der Waals surface area (Å²) < 4.78 is 24.2. The summed E-state index contributed by atoms with van der Waals surface area (Å²) in [6.45, 7) is -2.47. The molecule has 0 aliphatic heterocycles. The van der Waals surface area contributed by atoms with Crippen LogP contribution in [0, 0.1) is 0 Å². The van der Waals surface area contributed by atoms with Gasteiger partial charge in [-0.25, -0.2) is 8.78 Å². The van der Waals surface area contributed by atoms with Crippen LogP contribution >= 0.6 is 0 Å². The Morgan fingerprint density at radius 1 is 1.07 bits per heavy atom. The summed E-state index contributed by atoms with van der Waals surface area (Å²) in [5.74, 6) is -1.83. The monoisotopic (exact) mass is 205 g/mol. The van der Waals surface area contributed by atoms with Crippen molar-refractivity contribution in [3.63, 3.8) is 0 Å². The molecule has 1 aliphatic carbocycles. The third-order valence-electron chi connectivity index (χ3n) is 2.46. The van der Waals surface area contributed by atoms with Gasteiger partial charge in [-0.1, -0.05) is 12.8 Å². The highest BCUT2D eigenvalue weighted by Crippen LogP contribution is 2.23. The summed E-state index contributed by atoms with van der Waals surface area (Å²) >= 11 is 0. The molecule has 1 fully saturated rings. The first kappa shape index (κ1) is 11.1. The highest BCUT2D eigenvalue weighted by atomic mass is 19.1. The van der Waals surface area contributed by atoms with Crippen molar-refractivity contribution >= 4 is 11.8 Å². The van der Waals surface area contributed by atoms with Gasteiger partial charge in [-0.3, -0.25) is 14.5 Å². The van der Waals surface area contributed by atoms with Crippen LogP contribution < -0.4 is 0 Å². The molecule has 0 aromatic carbocycles. The Kier molecular flexibility index (Phi) is 3.98. The average molecular weight is 205 g/mol. The summed E-state index contributed by atoms with van der Waals surface area (Å²) in [4.78, 5) is 22.9. The molecule has 0 unspecified atom stereocenters. The van der Waals surface area contributed by atoms with Gasteiger partial charge in [0.1, 0.15) is 0 Å². The van der Waals surface area contributed by atoms with E-state index in [1.165, 1.54) is 0 Å². The van der Waals surface area contributed by atoms with Crippen LogP contribution in [0.2, 0.25) is 0 Å². The standard InChI is InChI=1S/C9H13F2NO2/c10-5-8(13)12(9(14)6-11)7-3-1-2-4-7/h7H,1-6H2. The van der Waals surface area contributed by atoms with E-state index < -0.39 is 25.2 Å². The van der Waals surface area contributed by atoms with Crippen LogP contribution in [0.5, 0.6) is 0 Å². The molecular formula is C9H13F2NO2. The van der Waals surface area contributed by atoms with Gasteiger partial charge in [-0.05, 0) is 12.8 Å². The lowest BCUT2D eigenvalue weighted by Gasteiger charge is -2.24. The van der Waals surface area contributed by atoms with Crippen molar-refractivity contribution in [2.24, 2.45) is 0 Å². The van der Waals surface area contributed by atoms with Gasteiger partial charge in [0.25, 0.3) is 11.8 Å². The molecule has 0 bridgehead atoms. The fourth-order valence-corrected chi connectivity index (χ4v) is 1.84. The van der Waals surface area contributed by atoms with Crippen LogP contribution in [0.4, 0.5) is 8.78 Å². The molecule has 80 valence electrons. The lowest BCUT2D eigenvalue weighted by atomic mass is 10.2. The number of rotatable bonds is 3. The molecule has 5 heteroatoms. The van der Waals surface area contributed by atoms with Crippen molar-refractivity contribution in [1.29, 1.82) is 0 Å². The van der Waals surface area contributed by atoms with E-state index in [0.29, 0.717) is 12.8 Å². The van der Waals surface area contributed by atoms with Crippen LogP contribution in [0.25, 0.3) is 0 Å². The third kappa shape index (κ3) is 2.27. The Balaban J connectivity index is 2.69. The van der Waals surface area contributed by atoms with E-state index in [1.807, 2.05) is 0 Å². The minimum absolute atomic E-state index is 0.290. The predicted octanol–water partition coefficient (Wildman–Crippen LogP) is 1.22. The summed E-state index contributed by atoms with van der Waals surface area (Å²) in [6, 6.07) is -0.290. The largest absolute Gasteiger partial charge is 0.275 e. The number of nitrogens with zero attached hydrogens (tertiary/aromatic N) is 1. The van der Waals surface area contributed by atoms with Crippen LogP contribution in [-0.4, -0.2) is 36.1 Å². The van der Waals surface area contributed by atoms with E-state index in [9.17, 15) is 18.4 Å². The van der Waals surface area contributed by atoms with Crippen LogP contribution in [0.1, 0.15) is 25.7 Å². The molecule has 0 atom stereocenters. The molecule has 2 amide bonds. The van der Waals surface area contributed by atoms with E-state index in [4.69, 9.17) is 0 Å². The smallest absolute Gasteiger partial charge is 0.260 e. The fraction of sp³-hybridized carbons (Fsp3) is 0.778. The maximum atomic E-state index is 12.1. The van der Waals surface area contributed by atoms with E-state index in [0.717, 1.165) is 17.7 Å². The number of carbonyl (C=O) groups is 2. The summed E-state index contributed by atoms with van der Waals surface area (Å²) in [5, 5.41) is 0. The first-order valence-electron chi connectivity index (χ1n) is 4.67. The second-order valence-electron chi connectivity index (χ2n) is 3.36. The molecular weight excluding hydrogens is 192 g/mol. The zero-order valence-electron chi connectivity index (χ0n) is 7.84. The maximum absolute atomic E-state index is 12.1. The number of imide groups is 1. The second-order valence-corrected chi connectivity index (χ2v) is 3.36. The van der Waals surface area contributed by atoms with Crippen molar-refractivity contribution in [3.8, 4) is 0 Å². The molecule has 0 radical (unpaired) electrons. The SMILES string of the molecule is O=C(CF)N(C(=O)CF)C1CCCC1. The number of amides is 2. The number of carbonyl (C=O) groups excluding carboxylic acids is 2. The van der Waals surface area contributed by atoms with Crippen LogP contribution in [0.3, 0.4) is 0 Å². The molecule has 0 spiro atoms. The fourth-order valence-electron chi connectivity index (χ4n) is 1.84. The van der Waals surface area contributed by atoms with Gasteiger partial charge in [-0.15, -0.1) is 0 Å². The van der Waals surface area contributed by atoms with Gasteiger partial charge in [0.2, 0.25) is 0 Å². The summed E-state index contributed by atoms with van der Waals surface area (Å²) in [6.07, 6.45) is 3.13. The minimum Gasteiger partial charge on any atom is -0.275 e. The Morgan fingerprint density at radius 3 is 1.86 bits per heavy atom. The second kappa shape index (κ2) is 5.02. The Morgan fingerprint density at radius 2 is 1.50 bits per heavy atom. The van der Waals surface area contributed by atoms with E-state index in [-0.39, 0.29) is 6.04 Å². The van der Waals surface area contributed by atoms with Crippen molar-refractivity contribution < 1.29 is 18.4 Å². The van der Waals surface area contributed by atoms with Crippen molar-refractivity contribution in [2.45, 2.75) is 31.7 Å². The Hall–Kier alpha value is -1.00. The average Bonchev–Trinajstić information content (AvgIpc) is 2.70. The highest BCUT2D eigenvalue weighted by molar-refractivity contribution is 5.96. The number of hydrogen-bond acceptors (Lipinski definition) is 2. The van der Waals surface area contributed by atoms with E-state index in [2.05, 4.69) is 0 Å². The lowest BCUT2D eigenvalue weighted by Crippen LogP contribution is -2.45. The topological polar surface area (TPSA) is 37.4 Å². The number of alkyl halides is 2. The molecule has 1 saturated carbocycles. The summed E-state index contributed by atoms with van der Waals surface area (Å²) in [5.41, 5.74) is 0. The van der Waals surface area contributed by atoms with Crippen molar-refractivity contribution in [2.75, 3.05) is 13.3 Å². The highest BCUT2D eigenvalue weighted by Gasteiger charge is 2.31. The van der Waals surface area contributed by atoms with Crippen molar-refractivity contribution in [1.82, 2.24) is 4.90 Å². The number of halogens is 2. The molecule has 0 aromatic rings. The first-order valence-corrected chi connectivity index (χ1v) is 4.67. The van der Waals surface area contributed by atoms with E-state index >= 15 is 0 Å². The summed E-state index contributed by atoms with van der Waals surface area (Å²) in [7, 11) is 0. The molecule has 3 nitrogen and oxygen atoms in total. The van der Waals surface area contributed by atoms with E-state index in [1.54, 1.807) is 0 Å². The predicted molar refractivity (Wildman–Crippen MR) is 46.1 cm³/mol. The molecule has 14 heavy (non-hydrogen) atoms. The van der Waals surface area contributed by atoms with Gasteiger partial charge in [0, 0.05) is 6.04 Å². The molecule has 0 N–H and O–H groups in total. The normalized spacial score (nSPS) is 17.0. The first-order chi connectivity index (χ1) is 6.70. The van der Waals surface area contributed by atoms with Gasteiger partial charge in [-0.2, -0.15) is 0 Å². The molecule has 0 saturated heterocycles. The third-order valence-corrected chi connectivity index (χ3v) is 2.46. The van der Waals surface area contributed by atoms with Gasteiger partial charge >= 0.3 is 0 Å².